The third kappa shape index (κ3) is 0.941. The van der Waals surface area contributed by atoms with Gasteiger partial charge in [-0.25, -0.2) is 4.39 Å². The van der Waals surface area contributed by atoms with E-state index in [2.05, 4.69) is 9.97 Å². The third-order valence-electron chi connectivity index (χ3n) is 1.51. The molecule has 0 aliphatic carbocycles. The monoisotopic (exact) mass is 148 g/mol. The van der Waals surface area contributed by atoms with E-state index in [0.717, 1.165) is 5.39 Å². The molecular weight excluding hydrogens is 143 g/mol. The molecule has 3 heteroatoms. The van der Waals surface area contributed by atoms with Gasteiger partial charge in [0.05, 0.1) is 6.20 Å². The fourth-order valence-corrected chi connectivity index (χ4v) is 0.970. The minimum absolute atomic E-state index is 0.324. The minimum atomic E-state index is -0.324. The van der Waals surface area contributed by atoms with Crippen molar-refractivity contribution in [2.24, 2.45) is 0 Å². The van der Waals surface area contributed by atoms with Crippen molar-refractivity contribution in [2.75, 3.05) is 0 Å². The van der Waals surface area contributed by atoms with Gasteiger partial charge in [0.2, 0.25) is 0 Å². The molecule has 0 aliphatic rings. The normalized spacial score (nSPS) is 10.3. The van der Waals surface area contributed by atoms with E-state index in [-0.39, 0.29) is 5.82 Å². The van der Waals surface area contributed by atoms with E-state index in [1.807, 2.05) is 0 Å². The van der Waals surface area contributed by atoms with E-state index in [1.54, 1.807) is 18.5 Å². The minimum Gasteiger partial charge on any atom is -0.264 e. The lowest BCUT2D eigenvalue weighted by atomic mass is 10.2. The van der Waals surface area contributed by atoms with Crippen molar-refractivity contribution < 1.29 is 4.39 Å². The lowest BCUT2D eigenvalue weighted by Crippen LogP contribution is -1.82. The van der Waals surface area contributed by atoms with Crippen LogP contribution in [0.1, 0.15) is 0 Å². The molecule has 0 amide bonds. The Morgan fingerprint density at radius 1 is 1.09 bits per heavy atom. The second-order valence-corrected chi connectivity index (χ2v) is 2.22. The maximum atomic E-state index is 12.9. The molecule has 0 aromatic carbocycles. The van der Waals surface area contributed by atoms with E-state index in [0.29, 0.717) is 5.39 Å². The Bertz CT molecular complexity index is 381. The van der Waals surface area contributed by atoms with E-state index in [9.17, 15) is 4.39 Å². The highest BCUT2D eigenvalue weighted by atomic mass is 19.1. The zero-order valence-corrected chi connectivity index (χ0v) is 5.66. The lowest BCUT2D eigenvalue weighted by molar-refractivity contribution is 0.633. The molecule has 2 rings (SSSR count). The Kier molecular flexibility index (Phi) is 1.28. The van der Waals surface area contributed by atoms with Crippen LogP contribution in [-0.2, 0) is 0 Å². The first-order chi connectivity index (χ1) is 5.38. The van der Waals surface area contributed by atoms with Crippen LogP contribution >= 0.6 is 0 Å². The van der Waals surface area contributed by atoms with Crippen LogP contribution in [0.5, 0.6) is 0 Å². The maximum absolute atomic E-state index is 12.9. The fourth-order valence-electron chi connectivity index (χ4n) is 0.970. The predicted molar refractivity (Wildman–Crippen MR) is 39.5 cm³/mol. The number of hydrogen-bond donors (Lipinski definition) is 0. The second kappa shape index (κ2) is 2.27. The molecule has 0 atom stereocenters. The van der Waals surface area contributed by atoms with Gasteiger partial charge in [0.1, 0.15) is 0 Å². The Labute approximate surface area is 62.7 Å². The number of fused-ring (bicyclic) bond motifs is 1. The maximum Gasteiger partial charge on any atom is 0.150 e. The first-order valence-electron chi connectivity index (χ1n) is 3.21. The molecule has 54 valence electrons. The highest BCUT2D eigenvalue weighted by Crippen LogP contribution is 2.12. The molecule has 2 aromatic rings. The molecule has 0 saturated heterocycles. The fraction of sp³-hybridized carbons (Fsp3) is 0. The van der Waals surface area contributed by atoms with Crippen molar-refractivity contribution in [3.8, 4) is 0 Å². The largest absolute Gasteiger partial charge is 0.264 e. The summed E-state index contributed by atoms with van der Waals surface area (Å²) < 4.78 is 12.9. The molecule has 0 bridgehead atoms. The summed E-state index contributed by atoms with van der Waals surface area (Å²) in [6.45, 7) is 0. The van der Waals surface area contributed by atoms with E-state index in [1.165, 1.54) is 12.4 Å². The average molecular weight is 148 g/mol. The summed E-state index contributed by atoms with van der Waals surface area (Å²) in [5.41, 5.74) is 0. The van der Waals surface area contributed by atoms with Gasteiger partial charge < -0.3 is 0 Å². The first-order valence-corrected chi connectivity index (χ1v) is 3.21. The SMILES string of the molecule is Fc1cncc2ccncc12. The highest BCUT2D eigenvalue weighted by molar-refractivity contribution is 5.80. The zero-order chi connectivity index (χ0) is 7.68. The molecule has 0 saturated carbocycles. The number of nitrogens with zero attached hydrogens (tertiary/aromatic N) is 2. The Hall–Kier alpha value is -1.51. The van der Waals surface area contributed by atoms with Crippen LogP contribution in [0.15, 0.2) is 30.9 Å². The molecule has 0 radical (unpaired) electrons. The van der Waals surface area contributed by atoms with Crippen molar-refractivity contribution in [1.29, 1.82) is 0 Å². The van der Waals surface area contributed by atoms with Crippen LogP contribution in [0.4, 0.5) is 4.39 Å². The van der Waals surface area contributed by atoms with Crippen molar-refractivity contribution in [2.45, 2.75) is 0 Å². The van der Waals surface area contributed by atoms with Crippen molar-refractivity contribution in [3.05, 3.63) is 36.7 Å². The van der Waals surface area contributed by atoms with Crippen LogP contribution < -0.4 is 0 Å². The van der Waals surface area contributed by atoms with Crippen LogP contribution in [0.2, 0.25) is 0 Å². The summed E-state index contributed by atoms with van der Waals surface area (Å²) in [7, 11) is 0. The van der Waals surface area contributed by atoms with Crippen molar-refractivity contribution in [1.82, 2.24) is 9.97 Å². The molecule has 11 heavy (non-hydrogen) atoms. The Balaban J connectivity index is 2.91. The number of rotatable bonds is 0. The molecule has 0 fully saturated rings. The summed E-state index contributed by atoms with van der Waals surface area (Å²) in [5.74, 6) is -0.324. The van der Waals surface area contributed by atoms with Crippen LogP contribution in [0, 0.1) is 5.82 Å². The van der Waals surface area contributed by atoms with Gasteiger partial charge in [-0.1, -0.05) is 0 Å². The smallest absolute Gasteiger partial charge is 0.150 e. The van der Waals surface area contributed by atoms with Crippen LogP contribution in [-0.4, -0.2) is 9.97 Å². The number of pyridine rings is 2. The third-order valence-corrected chi connectivity index (χ3v) is 1.51. The number of hydrogen-bond acceptors (Lipinski definition) is 2. The number of aromatic nitrogens is 2. The summed E-state index contributed by atoms with van der Waals surface area (Å²) in [5, 5.41) is 1.29. The molecule has 0 N–H and O–H groups in total. The van der Waals surface area contributed by atoms with Crippen molar-refractivity contribution >= 4 is 10.8 Å². The van der Waals surface area contributed by atoms with E-state index < -0.39 is 0 Å². The predicted octanol–water partition coefficient (Wildman–Crippen LogP) is 1.77. The molecule has 2 heterocycles. The molecule has 0 aliphatic heterocycles. The Morgan fingerprint density at radius 2 is 2.00 bits per heavy atom. The summed E-state index contributed by atoms with van der Waals surface area (Å²) in [6.07, 6.45) is 5.90. The van der Waals surface area contributed by atoms with Crippen LogP contribution in [0.3, 0.4) is 0 Å². The topological polar surface area (TPSA) is 25.8 Å². The van der Waals surface area contributed by atoms with E-state index in [4.69, 9.17) is 0 Å². The van der Waals surface area contributed by atoms with Gasteiger partial charge in [0.15, 0.2) is 5.82 Å². The molecule has 2 nitrogen and oxygen atoms in total. The van der Waals surface area contributed by atoms with E-state index >= 15 is 0 Å². The van der Waals surface area contributed by atoms with Gasteiger partial charge in [-0.05, 0) is 6.07 Å². The molecular formula is C8H5FN2. The van der Waals surface area contributed by atoms with Crippen molar-refractivity contribution in [3.63, 3.8) is 0 Å². The summed E-state index contributed by atoms with van der Waals surface area (Å²) in [4.78, 5) is 7.52. The van der Waals surface area contributed by atoms with Gasteiger partial charge in [0.25, 0.3) is 0 Å². The van der Waals surface area contributed by atoms with Gasteiger partial charge >= 0.3 is 0 Å². The quantitative estimate of drug-likeness (QED) is 0.569. The van der Waals surface area contributed by atoms with Gasteiger partial charge in [-0.15, -0.1) is 0 Å². The Morgan fingerprint density at radius 3 is 2.82 bits per heavy atom. The molecule has 0 unspecified atom stereocenters. The van der Waals surface area contributed by atoms with Gasteiger partial charge in [-0.3, -0.25) is 9.97 Å². The summed E-state index contributed by atoms with van der Waals surface area (Å²) in [6, 6.07) is 1.73. The van der Waals surface area contributed by atoms with Gasteiger partial charge in [-0.2, -0.15) is 0 Å². The summed E-state index contributed by atoms with van der Waals surface area (Å²) >= 11 is 0. The van der Waals surface area contributed by atoms with Crippen LogP contribution in [0.25, 0.3) is 10.8 Å². The second-order valence-electron chi connectivity index (χ2n) is 2.22. The standard InChI is InChI=1S/C8H5FN2/c9-8-5-11-3-6-1-2-10-4-7(6)8/h1-5H. The average Bonchev–Trinajstić information content (AvgIpc) is 2.06. The zero-order valence-electron chi connectivity index (χ0n) is 5.66. The lowest BCUT2D eigenvalue weighted by Gasteiger charge is -1.94. The first kappa shape index (κ1) is 6.22. The highest BCUT2D eigenvalue weighted by Gasteiger charge is 1.97. The molecule has 2 aromatic heterocycles. The molecule has 0 spiro atoms. The van der Waals surface area contributed by atoms with Gasteiger partial charge in [0, 0.05) is 29.4 Å². The number of halogens is 1.